The van der Waals surface area contributed by atoms with Gasteiger partial charge in [0.25, 0.3) is 0 Å². The van der Waals surface area contributed by atoms with E-state index in [4.69, 9.17) is 22.1 Å². The Hall–Kier alpha value is -1.39. The van der Waals surface area contributed by atoms with Crippen molar-refractivity contribution in [1.82, 2.24) is 0 Å². The summed E-state index contributed by atoms with van der Waals surface area (Å²) >= 11 is 9.56. The average molecular weight is 342 g/mol. The Labute approximate surface area is 125 Å². The van der Waals surface area contributed by atoms with Crippen LogP contribution in [0.1, 0.15) is 5.56 Å². The van der Waals surface area contributed by atoms with Crippen molar-refractivity contribution >= 4 is 38.9 Å². The van der Waals surface area contributed by atoms with E-state index in [-0.39, 0.29) is 0 Å². The highest BCUT2D eigenvalue weighted by atomic mass is 79.9. The fourth-order valence-electron chi connectivity index (χ4n) is 1.78. The topological polar surface area (TPSA) is 47.3 Å². The van der Waals surface area contributed by atoms with Gasteiger partial charge in [0.05, 0.1) is 18.5 Å². The third-order valence-electron chi connectivity index (χ3n) is 2.77. The van der Waals surface area contributed by atoms with Gasteiger partial charge in [-0.3, -0.25) is 0 Å². The molecule has 0 atom stereocenters. The number of halogens is 2. The van der Waals surface area contributed by atoms with E-state index in [9.17, 15) is 0 Å². The molecule has 0 aliphatic heterocycles. The quantitative estimate of drug-likeness (QED) is 0.815. The van der Waals surface area contributed by atoms with Crippen molar-refractivity contribution in [2.75, 3.05) is 18.2 Å². The molecule has 0 spiro atoms. The summed E-state index contributed by atoms with van der Waals surface area (Å²) in [5.74, 6) is 0.760. The molecule has 2 aromatic rings. The molecule has 0 unspecified atom stereocenters. The van der Waals surface area contributed by atoms with E-state index in [1.807, 2.05) is 36.4 Å². The van der Waals surface area contributed by atoms with Crippen molar-refractivity contribution in [1.29, 1.82) is 0 Å². The SMILES string of the molecule is COc1cccc(Cl)c1CNc1ccc(Br)cc1N. The Morgan fingerprint density at radius 2 is 2.11 bits per heavy atom. The second kappa shape index (κ2) is 6.17. The van der Waals surface area contributed by atoms with Crippen LogP contribution in [0.2, 0.25) is 5.02 Å². The van der Waals surface area contributed by atoms with Crippen LogP contribution in [-0.4, -0.2) is 7.11 Å². The number of ether oxygens (including phenoxy) is 1. The Morgan fingerprint density at radius 1 is 1.32 bits per heavy atom. The number of hydrogen-bond acceptors (Lipinski definition) is 3. The van der Waals surface area contributed by atoms with Crippen LogP contribution in [0.3, 0.4) is 0 Å². The summed E-state index contributed by atoms with van der Waals surface area (Å²) in [6.07, 6.45) is 0. The van der Waals surface area contributed by atoms with Gasteiger partial charge >= 0.3 is 0 Å². The Balaban J connectivity index is 2.19. The summed E-state index contributed by atoms with van der Waals surface area (Å²) in [7, 11) is 1.63. The van der Waals surface area contributed by atoms with Gasteiger partial charge in [0.15, 0.2) is 0 Å². The summed E-state index contributed by atoms with van der Waals surface area (Å²) in [6, 6.07) is 11.3. The molecule has 0 saturated heterocycles. The van der Waals surface area contributed by atoms with Gasteiger partial charge in [-0.1, -0.05) is 33.6 Å². The first-order valence-electron chi connectivity index (χ1n) is 5.72. The van der Waals surface area contributed by atoms with Gasteiger partial charge in [-0.15, -0.1) is 0 Å². The van der Waals surface area contributed by atoms with Crippen LogP contribution in [0.25, 0.3) is 0 Å². The van der Waals surface area contributed by atoms with E-state index in [1.165, 1.54) is 0 Å². The monoisotopic (exact) mass is 340 g/mol. The minimum Gasteiger partial charge on any atom is -0.496 e. The molecule has 2 aromatic carbocycles. The van der Waals surface area contributed by atoms with Crippen molar-refractivity contribution in [2.45, 2.75) is 6.54 Å². The fraction of sp³-hybridized carbons (Fsp3) is 0.143. The van der Waals surface area contributed by atoms with Gasteiger partial charge in [0.1, 0.15) is 5.75 Å². The zero-order chi connectivity index (χ0) is 13.8. The van der Waals surface area contributed by atoms with E-state index in [0.717, 1.165) is 21.5 Å². The molecule has 0 aliphatic carbocycles. The zero-order valence-corrected chi connectivity index (χ0v) is 12.8. The minimum atomic E-state index is 0.550. The molecule has 0 saturated carbocycles. The maximum Gasteiger partial charge on any atom is 0.125 e. The predicted molar refractivity (Wildman–Crippen MR) is 83.9 cm³/mol. The normalized spacial score (nSPS) is 10.3. The van der Waals surface area contributed by atoms with E-state index in [0.29, 0.717) is 17.3 Å². The molecule has 0 aliphatic rings. The molecule has 100 valence electrons. The first kappa shape index (κ1) is 14.0. The largest absolute Gasteiger partial charge is 0.496 e. The third-order valence-corrected chi connectivity index (χ3v) is 3.61. The first-order valence-corrected chi connectivity index (χ1v) is 6.89. The summed E-state index contributed by atoms with van der Waals surface area (Å²) in [5.41, 5.74) is 8.40. The van der Waals surface area contributed by atoms with Crippen LogP contribution >= 0.6 is 27.5 Å². The van der Waals surface area contributed by atoms with Gasteiger partial charge in [-0.05, 0) is 30.3 Å². The van der Waals surface area contributed by atoms with Crippen LogP contribution in [-0.2, 0) is 6.54 Å². The van der Waals surface area contributed by atoms with Crippen LogP contribution < -0.4 is 15.8 Å². The van der Waals surface area contributed by atoms with E-state index >= 15 is 0 Å². The Kier molecular flexibility index (Phi) is 4.56. The van der Waals surface area contributed by atoms with Gasteiger partial charge < -0.3 is 15.8 Å². The molecule has 0 fully saturated rings. The van der Waals surface area contributed by atoms with Crippen LogP contribution in [0, 0.1) is 0 Å². The molecule has 19 heavy (non-hydrogen) atoms. The zero-order valence-electron chi connectivity index (χ0n) is 10.4. The smallest absolute Gasteiger partial charge is 0.125 e. The standard InChI is InChI=1S/C14H14BrClN2O/c1-19-14-4-2-3-11(16)10(14)8-18-13-6-5-9(15)7-12(13)17/h2-7,18H,8,17H2,1H3. The maximum atomic E-state index is 6.18. The second-order valence-corrected chi connectivity index (χ2v) is 5.33. The van der Waals surface area contributed by atoms with Gasteiger partial charge in [-0.2, -0.15) is 0 Å². The van der Waals surface area contributed by atoms with Gasteiger partial charge in [0.2, 0.25) is 0 Å². The van der Waals surface area contributed by atoms with E-state index in [2.05, 4.69) is 21.2 Å². The molecule has 0 aromatic heterocycles. The molecule has 2 rings (SSSR count). The molecule has 0 amide bonds. The summed E-state index contributed by atoms with van der Waals surface area (Å²) in [6.45, 7) is 0.550. The fourth-order valence-corrected chi connectivity index (χ4v) is 2.39. The first-order chi connectivity index (χ1) is 9.11. The molecule has 0 bridgehead atoms. The lowest BCUT2D eigenvalue weighted by molar-refractivity contribution is 0.410. The third kappa shape index (κ3) is 3.33. The molecule has 0 heterocycles. The van der Waals surface area contributed by atoms with E-state index < -0.39 is 0 Å². The molecular formula is C14H14BrClN2O. The summed E-state index contributed by atoms with van der Waals surface area (Å²) in [5, 5.41) is 3.93. The molecule has 3 N–H and O–H groups in total. The lowest BCUT2D eigenvalue weighted by Gasteiger charge is -2.13. The van der Waals surface area contributed by atoms with Crippen molar-refractivity contribution in [2.24, 2.45) is 0 Å². The lowest BCUT2D eigenvalue weighted by Crippen LogP contribution is -2.04. The van der Waals surface area contributed by atoms with Crippen molar-refractivity contribution in [3.8, 4) is 5.75 Å². The van der Waals surface area contributed by atoms with Crippen LogP contribution in [0.4, 0.5) is 11.4 Å². The second-order valence-electron chi connectivity index (χ2n) is 4.01. The van der Waals surface area contributed by atoms with Gasteiger partial charge in [0, 0.05) is 21.6 Å². The van der Waals surface area contributed by atoms with E-state index in [1.54, 1.807) is 7.11 Å². The predicted octanol–water partition coefficient (Wildman–Crippen LogP) is 4.31. The Bertz CT molecular complexity index is 590. The highest BCUT2D eigenvalue weighted by molar-refractivity contribution is 9.10. The summed E-state index contributed by atoms with van der Waals surface area (Å²) < 4.78 is 6.25. The maximum absolute atomic E-state index is 6.18. The van der Waals surface area contributed by atoms with Crippen molar-refractivity contribution < 1.29 is 4.74 Å². The summed E-state index contributed by atoms with van der Waals surface area (Å²) in [4.78, 5) is 0. The number of nitrogens with two attached hydrogens (primary N) is 1. The van der Waals surface area contributed by atoms with Crippen LogP contribution in [0.15, 0.2) is 40.9 Å². The highest BCUT2D eigenvalue weighted by Gasteiger charge is 2.08. The molecular weight excluding hydrogens is 328 g/mol. The number of methoxy groups -OCH3 is 1. The molecule has 0 radical (unpaired) electrons. The van der Waals surface area contributed by atoms with Crippen molar-refractivity contribution in [3.63, 3.8) is 0 Å². The number of anilines is 2. The minimum absolute atomic E-state index is 0.550. The average Bonchev–Trinajstić information content (AvgIpc) is 2.39. The Morgan fingerprint density at radius 3 is 2.79 bits per heavy atom. The number of nitrogens with one attached hydrogen (secondary N) is 1. The number of benzene rings is 2. The lowest BCUT2D eigenvalue weighted by atomic mass is 10.2. The number of nitrogen functional groups attached to an aromatic ring is 1. The number of rotatable bonds is 4. The van der Waals surface area contributed by atoms with Crippen molar-refractivity contribution in [3.05, 3.63) is 51.5 Å². The highest BCUT2D eigenvalue weighted by Crippen LogP contribution is 2.29. The van der Waals surface area contributed by atoms with Gasteiger partial charge in [-0.25, -0.2) is 0 Å². The molecule has 3 nitrogen and oxygen atoms in total. The number of hydrogen-bond donors (Lipinski definition) is 2. The molecule has 5 heteroatoms. The van der Waals surface area contributed by atoms with Crippen LogP contribution in [0.5, 0.6) is 5.75 Å².